The van der Waals surface area contributed by atoms with Gasteiger partial charge in [-0.3, -0.25) is 0 Å². The Balaban J connectivity index is 2.34. The van der Waals surface area contributed by atoms with E-state index in [9.17, 15) is 0 Å². The quantitative estimate of drug-likeness (QED) is 0.916. The summed E-state index contributed by atoms with van der Waals surface area (Å²) in [6.45, 7) is 6.38. The van der Waals surface area contributed by atoms with Crippen molar-refractivity contribution in [2.75, 3.05) is 5.73 Å². The van der Waals surface area contributed by atoms with E-state index in [1.165, 1.54) is 26.0 Å². The molecule has 0 radical (unpaired) electrons. The zero-order valence-electron chi connectivity index (χ0n) is 10.9. The number of aryl methyl sites for hydroxylation is 3. The molecule has 2 nitrogen and oxygen atoms in total. The smallest absolute Gasteiger partial charge is 0.180 e. The van der Waals surface area contributed by atoms with Crippen molar-refractivity contribution in [3.8, 4) is 0 Å². The summed E-state index contributed by atoms with van der Waals surface area (Å²) >= 11 is 5.21. The SMILES string of the molecule is CCc1nc(N)sc1Cc1cc(C)c(Br)c(C)c1. The number of nitrogen functional groups attached to an aromatic ring is 1. The molecule has 0 bridgehead atoms. The second-order valence-corrected chi connectivity index (χ2v) is 6.40. The van der Waals surface area contributed by atoms with E-state index in [-0.39, 0.29) is 0 Å². The largest absolute Gasteiger partial charge is 0.375 e. The molecule has 0 aliphatic heterocycles. The minimum absolute atomic E-state index is 0.674. The number of rotatable bonds is 3. The molecular weight excluding hydrogens is 308 g/mol. The standard InChI is InChI=1S/C14H17BrN2S/c1-4-11-12(18-14(16)17-11)7-10-5-8(2)13(15)9(3)6-10/h5-6H,4,7H2,1-3H3,(H2,16,17). The monoisotopic (exact) mass is 324 g/mol. The van der Waals surface area contributed by atoms with Crippen LogP contribution in [0.5, 0.6) is 0 Å². The molecule has 0 saturated heterocycles. The predicted octanol–water partition coefficient (Wildman–Crippen LogP) is 4.26. The van der Waals surface area contributed by atoms with Gasteiger partial charge in [-0.1, -0.05) is 35.0 Å². The number of anilines is 1. The van der Waals surface area contributed by atoms with Gasteiger partial charge in [0.2, 0.25) is 0 Å². The highest BCUT2D eigenvalue weighted by atomic mass is 79.9. The zero-order chi connectivity index (χ0) is 13.3. The highest BCUT2D eigenvalue weighted by Gasteiger charge is 2.10. The first-order valence-corrected chi connectivity index (χ1v) is 7.62. The van der Waals surface area contributed by atoms with Gasteiger partial charge >= 0.3 is 0 Å². The third-order valence-corrected chi connectivity index (χ3v) is 5.17. The molecule has 0 saturated carbocycles. The maximum atomic E-state index is 5.79. The molecule has 0 fully saturated rings. The van der Waals surface area contributed by atoms with Gasteiger partial charge in [0.15, 0.2) is 5.13 Å². The van der Waals surface area contributed by atoms with Crippen LogP contribution >= 0.6 is 27.3 Å². The van der Waals surface area contributed by atoms with Gasteiger partial charge in [-0.2, -0.15) is 0 Å². The molecule has 0 atom stereocenters. The Morgan fingerprint density at radius 2 is 1.89 bits per heavy atom. The second kappa shape index (κ2) is 5.41. The second-order valence-electron chi connectivity index (χ2n) is 4.50. The van der Waals surface area contributed by atoms with Gasteiger partial charge in [-0.15, -0.1) is 11.3 Å². The van der Waals surface area contributed by atoms with Gasteiger partial charge in [-0.05, 0) is 37.0 Å². The minimum Gasteiger partial charge on any atom is -0.375 e. The van der Waals surface area contributed by atoms with E-state index in [0.29, 0.717) is 5.13 Å². The van der Waals surface area contributed by atoms with E-state index in [0.717, 1.165) is 18.5 Å². The Bertz CT molecular complexity index is 552. The molecule has 18 heavy (non-hydrogen) atoms. The van der Waals surface area contributed by atoms with Crippen molar-refractivity contribution in [2.24, 2.45) is 0 Å². The molecule has 0 aliphatic carbocycles. The first-order chi connectivity index (χ1) is 8.51. The molecule has 4 heteroatoms. The zero-order valence-corrected chi connectivity index (χ0v) is 13.3. The number of hydrogen-bond acceptors (Lipinski definition) is 3. The maximum Gasteiger partial charge on any atom is 0.180 e. The third-order valence-electron chi connectivity index (χ3n) is 2.99. The number of nitrogens with two attached hydrogens (primary N) is 1. The van der Waals surface area contributed by atoms with E-state index < -0.39 is 0 Å². The summed E-state index contributed by atoms with van der Waals surface area (Å²) in [4.78, 5) is 5.66. The highest BCUT2D eigenvalue weighted by Crippen LogP contribution is 2.27. The lowest BCUT2D eigenvalue weighted by Gasteiger charge is -2.07. The minimum atomic E-state index is 0.674. The lowest BCUT2D eigenvalue weighted by atomic mass is 10.0. The summed E-state index contributed by atoms with van der Waals surface area (Å²) in [5.74, 6) is 0. The van der Waals surface area contributed by atoms with E-state index in [4.69, 9.17) is 5.73 Å². The predicted molar refractivity (Wildman–Crippen MR) is 82.3 cm³/mol. The van der Waals surface area contributed by atoms with Crippen LogP contribution in [0.3, 0.4) is 0 Å². The summed E-state index contributed by atoms with van der Waals surface area (Å²) in [6.07, 6.45) is 1.87. The lowest BCUT2D eigenvalue weighted by molar-refractivity contribution is 1.02. The van der Waals surface area contributed by atoms with Crippen molar-refractivity contribution >= 4 is 32.4 Å². The van der Waals surface area contributed by atoms with Crippen LogP contribution < -0.4 is 5.73 Å². The van der Waals surface area contributed by atoms with Crippen LogP contribution in [0.4, 0.5) is 5.13 Å². The van der Waals surface area contributed by atoms with Crippen molar-refractivity contribution in [2.45, 2.75) is 33.6 Å². The Hall–Kier alpha value is -0.870. The van der Waals surface area contributed by atoms with Crippen LogP contribution in [0, 0.1) is 13.8 Å². The Morgan fingerprint density at radius 1 is 1.28 bits per heavy atom. The molecule has 0 spiro atoms. The van der Waals surface area contributed by atoms with Crippen LogP contribution in [0.25, 0.3) is 0 Å². The Labute approximate surface area is 120 Å². The number of thiazole rings is 1. The van der Waals surface area contributed by atoms with Crippen LogP contribution in [-0.2, 0) is 12.8 Å². The number of aromatic nitrogens is 1. The highest BCUT2D eigenvalue weighted by molar-refractivity contribution is 9.10. The normalized spacial score (nSPS) is 10.9. The van der Waals surface area contributed by atoms with Crippen molar-refractivity contribution < 1.29 is 0 Å². The first-order valence-electron chi connectivity index (χ1n) is 6.01. The average Bonchev–Trinajstić information content (AvgIpc) is 2.66. The number of halogens is 1. The van der Waals surface area contributed by atoms with Gasteiger partial charge in [0.25, 0.3) is 0 Å². The number of nitrogens with zero attached hydrogens (tertiary/aromatic N) is 1. The first kappa shape index (κ1) is 13.6. The molecule has 96 valence electrons. The Kier molecular flexibility index (Phi) is 4.07. The van der Waals surface area contributed by atoms with E-state index >= 15 is 0 Å². The molecule has 2 N–H and O–H groups in total. The van der Waals surface area contributed by atoms with E-state index in [2.05, 4.69) is 53.8 Å². The molecule has 0 unspecified atom stereocenters. The van der Waals surface area contributed by atoms with Crippen molar-refractivity contribution in [1.29, 1.82) is 0 Å². The molecule has 1 aromatic carbocycles. The molecule has 2 aromatic rings. The average molecular weight is 325 g/mol. The summed E-state index contributed by atoms with van der Waals surface area (Å²) in [5.41, 5.74) is 10.8. The van der Waals surface area contributed by atoms with Crippen LogP contribution in [-0.4, -0.2) is 4.98 Å². The van der Waals surface area contributed by atoms with Gasteiger partial charge in [0.1, 0.15) is 0 Å². The van der Waals surface area contributed by atoms with Crippen LogP contribution in [0.2, 0.25) is 0 Å². The van der Waals surface area contributed by atoms with E-state index in [1.54, 1.807) is 11.3 Å². The fourth-order valence-electron chi connectivity index (χ4n) is 2.14. The molecule has 2 rings (SSSR count). The van der Waals surface area contributed by atoms with Gasteiger partial charge in [-0.25, -0.2) is 4.98 Å². The number of hydrogen-bond donors (Lipinski definition) is 1. The molecule has 0 aliphatic rings. The molecule has 1 aromatic heterocycles. The van der Waals surface area contributed by atoms with Crippen LogP contribution in [0.1, 0.15) is 34.2 Å². The van der Waals surface area contributed by atoms with Crippen LogP contribution in [0.15, 0.2) is 16.6 Å². The lowest BCUT2D eigenvalue weighted by Crippen LogP contribution is -1.94. The van der Waals surface area contributed by atoms with Crippen molar-refractivity contribution in [3.63, 3.8) is 0 Å². The molecule has 0 amide bonds. The van der Waals surface area contributed by atoms with Crippen molar-refractivity contribution in [1.82, 2.24) is 4.98 Å². The molecule has 1 heterocycles. The summed E-state index contributed by atoms with van der Waals surface area (Å²) in [6, 6.07) is 4.46. The van der Waals surface area contributed by atoms with E-state index in [1.807, 2.05) is 0 Å². The number of benzene rings is 1. The maximum absolute atomic E-state index is 5.79. The van der Waals surface area contributed by atoms with Gasteiger partial charge in [0.05, 0.1) is 5.69 Å². The summed E-state index contributed by atoms with van der Waals surface area (Å²) < 4.78 is 1.20. The molecular formula is C14H17BrN2S. The summed E-state index contributed by atoms with van der Waals surface area (Å²) in [5, 5.41) is 0.674. The summed E-state index contributed by atoms with van der Waals surface area (Å²) in [7, 11) is 0. The fraction of sp³-hybridized carbons (Fsp3) is 0.357. The van der Waals surface area contributed by atoms with Gasteiger partial charge < -0.3 is 5.73 Å². The topological polar surface area (TPSA) is 38.9 Å². The van der Waals surface area contributed by atoms with Crippen molar-refractivity contribution in [3.05, 3.63) is 43.9 Å². The fourth-order valence-corrected chi connectivity index (χ4v) is 3.32. The van der Waals surface area contributed by atoms with Gasteiger partial charge in [0, 0.05) is 15.8 Å². The third kappa shape index (κ3) is 2.75. The Morgan fingerprint density at radius 3 is 2.44 bits per heavy atom.